The fourth-order valence-electron chi connectivity index (χ4n) is 14.4. The maximum atomic E-state index is 11.2. The van der Waals surface area contributed by atoms with Gasteiger partial charge in [-0.25, -0.2) is 0 Å². The molecule has 8 aliphatic rings. The van der Waals surface area contributed by atoms with Gasteiger partial charge in [0.15, 0.2) is 0 Å². The van der Waals surface area contributed by atoms with Crippen molar-refractivity contribution in [1.82, 2.24) is 9.80 Å². The van der Waals surface area contributed by atoms with Gasteiger partial charge in [0.2, 0.25) is 0 Å². The number of benzene rings is 2. The standard InChI is InChI=1S/C52H74N4O2/c57-49-31-45-39(29-47-43-17-5-7-19-51(43,45)21-25-55(47)35-37-13-11-14-37)27-41(49)33-53-23-9-3-1-2-4-10-24-54-34-42-28-40-30-48-44-18-6-8-20-52(44,46(40)32-50(42)58)22-26-56(48)36-38-15-12-16-38/h27-28,31-34,37-38,43-44,47-48,57-58H,1-26,29-30,35-36H2/t43-,44-,47+,48+,51+,52+/m0/s1. The molecule has 314 valence electrons. The molecule has 6 heteroatoms. The summed E-state index contributed by atoms with van der Waals surface area (Å²) in [6.45, 7) is 6.78. The third kappa shape index (κ3) is 7.41. The van der Waals surface area contributed by atoms with E-state index in [2.05, 4.69) is 34.1 Å². The molecule has 6 nitrogen and oxygen atoms in total. The van der Waals surface area contributed by atoms with E-state index in [0.29, 0.717) is 23.6 Å². The number of unbranched alkanes of at least 4 members (excludes halogenated alkanes) is 5. The number of hydrogen-bond acceptors (Lipinski definition) is 6. The minimum atomic E-state index is 0.284. The van der Waals surface area contributed by atoms with E-state index in [4.69, 9.17) is 9.98 Å². The highest BCUT2D eigenvalue weighted by Gasteiger charge is 2.55. The third-order valence-electron chi connectivity index (χ3n) is 17.9. The minimum absolute atomic E-state index is 0.284. The first-order valence-electron chi connectivity index (χ1n) is 24.7. The number of aromatic hydroxyl groups is 2. The Morgan fingerprint density at radius 1 is 0.534 bits per heavy atom. The van der Waals surface area contributed by atoms with Crippen LogP contribution in [0.1, 0.15) is 175 Å². The van der Waals surface area contributed by atoms with E-state index in [1.807, 2.05) is 12.4 Å². The van der Waals surface area contributed by atoms with Crippen molar-refractivity contribution < 1.29 is 10.2 Å². The Labute approximate surface area is 350 Å². The minimum Gasteiger partial charge on any atom is -0.507 e. The van der Waals surface area contributed by atoms with Gasteiger partial charge < -0.3 is 10.2 Å². The van der Waals surface area contributed by atoms with Crippen LogP contribution < -0.4 is 0 Å². The van der Waals surface area contributed by atoms with Crippen molar-refractivity contribution in [3.8, 4) is 11.5 Å². The summed E-state index contributed by atoms with van der Waals surface area (Å²) in [5.74, 6) is 4.26. The van der Waals surface area contributed by atoms with Gasteiger partial charge in [0.05, 0.1) is 0 Å². The van der Waals surface area contributed by atoms with Crippen LogP contribution >= 0.6 is 0 Å². The summed E-state index contributed by atoms with van der Waals surface area (Å²) in [5.41, 5.74) is 8.37. The third-order valence-corrected chi connectivity index (χ3v) is 17.9. The monoisotopic (exact) mass is 787 g/mol. The van der Waals surface area contributed by atoms with Gasteiger partial charge >= 0.3 is 0 Å². The van der Waals surface area contributed by atoms with Gasteiger partial charge in [-0.05, 0) is 173 Å². The molecule has 0 aromatic heterocycles. The van der Waals surface area contributed by atoms with E-state index in [9.17, 15) is 10.2 Å². The van der Waals surface area contributed by atoms with Crippen molar-refractivity contribution in [2.75, 3.05) is 39.3 Å². The molecule has 4 saturated carbocycles. The quantitative estimate of drug-likeness (QED) is 0.139. The summed E-state index contributed by atoms with van der Waals surface area (Å²) in [4.78, 5) is 15.4. The van der Waals surface area contributed by atoms with Crippen LogP contribution in [0.25, 0.3) is 0 Å². The molecule has 2 aromatic rings. The second kappa shape index (κ2) is 17.0. The lowest BCUT2D eigenvalue weighted by atomic mass is 9.52. The van der Waals surface area contributed by atoms with Crippen LogP contribution in [0.5, 0.6) is 11.5 Å². The first kappa shape index (κ1) is 39.4. The normalized spacial score (nSPS) is 32.3. The average molecular weight is 787 g/mol. The summed E-state index contributed by atoms with van der Waals surface area (Å²) >= 11 is 0. The van der Waals surface area contributed by atoms with Gasteiger partial charge in [-0.3, -0.25) is 19.8 Å². The highest BCUT2D eigenvalue weighted by atomic mass is 16.3. The number of piperidine rings is 2. The van der Waals surface area contributed by atoms with E-state index < -0.39 is 0 Å². The smallest absolute Gasteiger partial charge is 0.124 e. The van der Waals surface area contributed by atoms with Gasteiger partial charge in [0, 0.05) is 72.6 Å². The summed E-state index contributed by atoms with van der Waals surface area (Å²) in [7, 11) is 0. The molecule has 6 aliphatic carbocycles. The number of phenols is 2. The van der Waals surface area contributed by atoms with Crippen LogP contribution in [0.4, 0.5) is 0 Å². The van der Waals surface area contributed by atoms with Gasteiger partial charge in [-0.2, -0.15) is 0 Å². The first-order valence-corrected chi connectivity index (χ1v) is 24.7. The zero-order valence-electron chi connectivity index (χ0n) is 35.8. The van der Waals surface area contributed by atoms with Crippen LogP contribution in [-0.2, 0) is 23.7 Å². The van der Waals surface area contributed by atoms with Gasteiger partial charge in [0.1, 0.15) is 11.5 Å². The zero-order chi connectivity index (χ0) is 39.1. The number of phenolic OH excluding ortho intramolecular Hbond substituents is 2. The molecule has 2 heterocycles. The lowest BCUT2D eigenvalue weighted by Crippen LogP contribution is -2.61. The number of fused-ring (bicyclic) bond motifs is 2. The van der Waals surface area contributed by atoms with Gasteiger partial charge in [0.25, 0.3) is 0 Å². The Kier molecular flexibility index (Phi) is 11.5. The second-order valence-corrected chi connectivity index (χ2v) is 21.0. The van der Waals surface area contributed by atoms with Crippen LogP contribution in [0, 0.1) is 23.7 Å². The molecule has 58 heavy (non-hydrogen) atoms. The van der Waals surface area contributed by atoms with Gasteiger partial charge in [-0.15, -0.1) is 0 Å². The van der Waals surface area contributed by atoms with E-state index >= 15 is 0 Å². The van der Waals surface area contributed by atoms with Crippen LogP contribution in [-0.4, -0.2) is 83.8 Å². The molecular weight excluding hydrogens is 713 g/mol. The summed E-state index contributed by atoms with van der Waals surface area (Å²) in [6.07, 6.45) is 35.2. The predicted molar refractivity (Wildman–Crippen MR) is 238 cm³/mol. The molecule has 2 N–H and O–H groups in total. The van der Waals surface area contributed by atoms with E-state index in [0.717, 1.165) is 73.6 Å². The topological polar surface area (TPSA) is 71.7 Å². The molecule has 6 atom stereocenters. The highest BCUT2D eigenvalue weighted by Crippen LogP contribution is 2.58. The van der Waals surface area contributed by atoms with E-state index in [1.54, 1.807) is 0 Å². The van der Waals surface area contributed by atoms with Gasteiger partial charge in [-0.1, -0.05) is 64.2 Å². The number of rotatable bonds is 15. The molecule has 2 aromatic carbocycles. The van der Waals surface area contributed by atoms with Crippen molar-refractivity contribution in [2.24, 2.45) is 33.7 Å². The number of hydrogen-bond donors (Lipinski definition) is 2. The summed E-state index contributed by atoms with van der Waals surface area (Å²) in [5, 5.41) is 22.5. The molecule has 0 spiro atoms. The molecule has 0 unspecified atom stereocenters. The maximum absolute atomic E-state index is 11.2. The van der Waals surface area contributed by atoms with Crippen molar-refractivity contribution >= 4 is 12.4 Å². The Balaban J connectivity index is 0.673. The Morgan fingerprint density at radius 3 is 1.41 bits per heavy atom. The van der Waals surface area contributed by atoms with Crippen LogP contribution in [0.3, 0.4) is 0 Å². The lowest BCUT2D eigenvalue weighted by molar-refractivity contribution is -0.0240. The number of likely N-dealkylation sites (tertiary alicyclic amines) is 2. The van der Waals surface area contributed by atoms with Crippen LogP contribution in [0.2, 0.25) is 0 Å². The fraction of sp³-hybridized carbons (Fsp3) is 0.731. The SMILES string of the molecule is Oc1cc2c(cc1C=NCCCCCCCCN=Cc1cc3c(cc1O)[C@@]14CCCC[C@H]1[C@@H](C3)N(CC1CCC1)CC4)C[C@@H]1[C@@H]3CCCC[C@]23CCN1CC1CCC1. The molecule has 4 bridgehead atoms. The molecule has 6 fully saturated rings. The lowest BCUT2D eigenvalue weighted by Gasteiger charge is -2.59. The van der Waals surface area contributed by atoms with Crippen molar-refractivity contribution in [2.45, 2.75) is 177 Å². The molecule has 2 saturated heterocycles. The first-order chi connectivity index (χ1) is 28.5. The zero-order valence-corrected chi connectivity index (χ0v) is 35.8. The Morgan fingerprint density at radius 2 is 0.983 bits per heavy atom. The molecular formula is C52H74N4O2. The molecule has 0 amide bonds. The predicted octanol–water partition coefficient (Wildman–Crippen LogP) is 10.7. The van der Waals surface area contributed by atoms with E-state index in [-0.39, 0.29) is 10.8 Å². The number of nitrogens with zero attached hydrogens (tertiary/aromatic N) is 4. The Hall–Kier alpha value is -2.70. The van der Waals surface area contributed by atoms with E-state index in [1.165, 1.54) is 177 Å². The number of aliphatic imine (C=N–C) groups is 2. The second-order valence-electron chi connectivity index (χ2n) is 21.0. The van der Waals surface area contributed by atoms with Crippen LogP contribution in [0.15, 0.2) is 34.3 Å². The molecule has 10 rings (SSSR count). The highest BCUT2D eigenvalue weighted by molar-refractivity contribution is 5.85. The largest absolute Gasteiger partial charge is 0.507 e. The molecule has 2 aliphatic heterocycles. The average Bonchev–Trinajstić information content (AvgIpc) is 3.20. The maximum Gasteiger partial charge on any atom is 0.124 e. The van der Waals surface area contributed by atoms with Crippen molar-refractivity contribution in [3.63, 3.8) is 0 Å². The Bertz CT molecular complexity index is 1700. The molecule has 0 radical (unpaired) electrons. The fourth-order valence-corrected chi connectivity index (χ4v) is 14.4. The van der Waals surface area contributed by atoms with Crippen molar-refractivity contribution in [1.29, 1.82) is 0 Å². The summed E-state index contributed by atoms with van der Waals surface area (Å²) in [6, 6.07) is 10.3. The summed E-state index contributed by atoms with van der Waals surface area (Å²) < 4.78 is 0. The van der Waals surface area contributed by atoms with Crippen molar-refractivity contribution in [3.05, 3.63) is 57.6 Å².